The van der Waals surface area contributed by atoms with Gasteiger partial charge in [-0.05, 0) is 25.0 Å². The highest BCUT2D eigenvalue weighted by molar-refractivity contribution is 6.35. The van der Waals surface area contributed by atoms with Crippen LogP contribution in [-0.2, 0) is 4.74 Å². The normalized spacial score (nSPS) is 15.2. The van der Waals surface area contributed by atoms with Crippen LogP contribution < -0.4 is 5.56 Å². The quantitative estimate of drug-likeness (QED) is 0.534. The molecule has 0 radical (unpaired) electrons. The molecule has 1 aliphatic rings. The van der Waals surface area contributed by atoms with E-state index in [0.29, 0.717) is 18.8 Å². The van der Waals surface area contributed by atoms with Crippen LogP contribution in [0.3, 0.4) is 0 Å². The first-order valence-corrected chi connectivity index (χ1v) is 9.79. The van der Waals surface area contributed by atoms with Crippen molar-refractivity contribution in [3.8, 4) is 16.9 Å². The smallest absolute Gasteiger partial charge is 0.259 e. The Morgan fingerprint density at radius 1 is 1.20 bits per heavy atom. The molecule has 0 bridgehead atoms. The Balaban J connectivity index is 1.73. The molecule has 30 heavy (non-hydrogen) atoms. The summed E-state index contributed by atoms with van der Waals surface area (Å²) in [6, 6.07) is 3.67. The average Bonchev–Trinajstić information content (AvgIpc) is 3.37. The number of hydrogen-bond donors (Lipinski definition) is 1. The van der Waals surface area contributed by atoms with Crippen molar-refractivity contribution < 1.29 is 13.5 Å². The van der Waals surface area contributed by atoms with E-state index in [-0.39, 0.29) is 27.7 Å². The lowest BCUT2D eigenvalue weighted by Gasteiger charge is -2.22. The van der Waals surface area contributed by atoms with Crippen LogP contribution in [0.5, 0.6) is 0 Å². The minimum Gasteiger partial charge on any atom is -0.381 e. The number of halogens is 3. The van der Waals surface area contributed by atoms with Crippen LogP contribution in [0.1, 0.15) is 18.9 Å². The fraction of sp³-hybridized carbons (Fsp3) is 0.250. The van der Waals surface area contributed by atoms with Gasteiger partial charge in [-0.2, -0.15) is 10.2 Å². The number of pyridine rings is 1. The molecule has 4 aromatic rings. The molecular weight excluding hydrogens is 416 g/mol. The molecule has 4 heterocycles. The lowest BCUT2D eigenvalue weighted by Crippen LogP contribution is -2.19. The van der Waals surface area contributed by atoms with Gasteiger partial charge in [-0.1, -0.05) is 17.7 Å². The number of benzene rings is 1. The van der Waals surface area contributed by atoms with Crippen molar-refractivity contribution >= 4 is 22.5 Å². The van der Waals surface area contributed by atoms with Gasteiger partial charge in [0, 0.05) is 31.2 Å². The second-order valence-electron chi connectivity index (χ2n) is 7.07. The van der Waals surface area contributed by atoms with Crippen molar-refractivity contribution in [3.05, 3.63) is 63.8 Å². The molecule has 1 aliphatic heterocycles. The number of aromatic nitrogens is 5. The largest absolute Gasteiger partial charge is 0.381 e. The number of ether oxygens (including phenoxy) is 1. The molecule has 0 saturated carbocycles. The van der Waals surface area contributed by atoms with E-state index in [1.807, 2.05) is 4.68 Å². The van der Waals surface area contributed by atoms with Crippen LogP contribution in [0.4, 0.5) is 8.78 Å². The van der Waals surface area contributed by atoms with Crippen LogP contribution in [0.25, 0.3) is 27.8 Å². The molecule has 0 atom stereocenters. The molecule has 7 nitrogen and oxygen atoms in total. The van der Waals surface area contributed by atoms with Crippen molar-refractivity contribution in [3.63, 3.8) is 0 Å². The van der Waals surface area contributed by atoms with Crippen molar-refractivity contribution in [2.75, 3.05) is 13.2 Å². The number of para-hydroxylation sites is 1. The highest BCUT2D eigenvalue weighted by atomic mass is 35.5. The average molecular weight is 432 g/mol. The van der Waals surface area contributed by atoms with Crippen LogP contribution in [0.15, 0.2) is 41.6 Å². The Labute approximate surface area is 173 Å². The summed E-state index contributed by atoms with van der Waals surface area (Å²) < 4.78 is 37.2. The molecule has 1 aromatic carbocycles. The lowest BCUT2D eigenvalue weighted by molar-refractivity contribution is 0.0662. The van der Waals surface area contributed by atoms with Gasteiger partial charge in [0.2, 0.25) is 0 Å². The van der Waals surface area contributed by atoms with Gasteiger partial charge < -0.3 is 9.72 Å². The second-order valence-corrected chi connectivity index (χ2v) is 7.48. The van der Waals surface area contributed by atoms with E-state index >= 15 is 0 Å². The summed E-state index contributed by atoms with van der Waals surface area (Å²) in [4.78, 5) is 15.2. The zero-order chi connectivity index (χ0) is 20.8. The minimum atomic E-state index is -0.819. The maximum atomic E-state index is 14.5. The Morgan fingerprint density at radius 2 is 1.93 bits per heavy atom. The standard InChI is InChI=1S/C20H16ClF2N5O2/c21-13-9-24-20(29)16-17(11-8-25-27(10-11)12-4-6-30-7-5-12)26-28(18(13)16)19-14(22)2-1-3-15(19)23/h1-3,8-10,12H,4-7H2,(H,24,29). The first-order valence-electron chi connectivity index (χ1n) is 9.41. The number of nitrogens with zero attached hydrogens (tertiary/aromatic N) is 4. The highest BCUT2D eigenvalue weighted by Gasteiger charge is 2.24. The number of hydrogen-bond acceptors (Lipinski definition) is 4. The lowest BCUT2D eigenvalue weighted by atomic mass is 10.1. The first kappa shape index (κ1) is 19.0. The van der Waals surface area contributed by atoms with Gasteiger partial charge in [-0.15, -0.1) is 0 Å². The van der Waals surface area contributed by atoms with Gasteiger partial charge in [0.25, 0.3) is 5.56 Å². The summed E-state index contributed by atoms with van der Waals surface area (Å²) >= 11 is 6.31. The SMILES string of the molecule is O=c1[nH]cc(Cl)c2c1c(-c1cnn(C3CCOCC3)c1)nn2-c1c(F)cccc1F. The molecule has 0 aliphatic carbocycles. The molecule has 3 aromatic heterocycles. The summed E-state index contributed by atoms with van der Waals surface area (Å²) in [6.07, 6.45) is 6.28. The predicted molar refractivity (Wildman–Crippen MR) is 107 cm³/mol. The molecule has 10 heteroatoms. The third-order valence-electron chi connectivity index (χ3n) is 5.26. The van der Waals surface area contributed by atoms with Gasteiger partial charge >= 0.3 is 0 Å². The molecule has 1 fully saturated rings. The number of nitrogens with one attached hydrogen (secondary N) is 1. The van der Waals surface area contributed by atoms with Gasteiger partial charge in [-0.25, -0.2) is 13.5 Å². The third kappa shape index (κ3) is 3.01. The van der Waals surface area contributed by atoms with Crippen molar-refractivity contribution in [2.24, 2.45) is 0 Å². The van der Waals surface area contributed by atoms with Crippen LogP contribution >= 0.6 is 11.6 Å². The second kappa shape index (κ2) is 7.33. The Morgan fingerprint density at radius 3 is 2.67 bits per heavy atom. The van der Waals surface area contributed by atoms with E-state index < -0.39 is 22.9 Å². The molecule has 0 unspecified atom stereocenters. The van der Waals surface area contributed by atoms with Crippen molar-refractivity contribution in [1.82, 2.24) is 24.5 Å². The molecule has 0 spiro atoms. The zero-order valence-corrected chi connectivity index (χ0v) is 16.4. The zero-order valence-electron chi connectivity index (χ0n) is 15.6. The summed E-state index contributed by atoms with van der Waals surface area (Å²) in [5.74, 6) is -1.64. The monoisotopic (exact) mass is 431 g/mol. The predicted octanol–water partition coefficient (Wildman–Crippen LogP) is 3.86. The maximum absolute atomic E-state index is 14.5. The summed E-state index contributed by atoms with van der Waals surface area (Å²) in [5, 5.41) is 9.05. The maximum Gasteiger partial charge on any atom is 0.259 e. The summed E-state index contributed by atoms with van der Waals surface area (Å²) in [7, 11) is 0. The Bertz CT molecular complexity index is 1290. The molecule has 1 N–H and O–H groups in total. The molecular formula is C20H16ClF2N5O2. The molecule has 154 valence electrons. The van der Waals surface area contributed by atoms with E-state index in [9.17, 15) is 13.6 Å². The van der Waals surface area contributed by atoms with E-state index in [2.05, 4.69) is 15.2 Å². The molecule has 1 saturated heterocycles. The summed E-state index contributed by atoms with van der Waals surface area (Å²) in [6.45, 7) is 1.30. The number of H-pyrrole nitrogens is 1. The van der Waals surface area contributed by atoms with Crippen LogP contribution in [0.2, 0.25) is 5.02 Å². The van der Waals surface area contributed by atoms with E-state index in [0.717, 1.165) is 29.7 Å². The fourth-order valence-electron chi connectivity index (χ4n) is 3.79. The third-order valence-corrected chi connectivity index (χ3v) is 5.55. The highest BCUT2D eigenvalue weighted by Crippen LogP contribution is 2.33. The topological polar surface area (TPSA) is 77.7 Å². The van der Waals surface area contributed by atoms with Gasteiger partial charge in [-0.3, -0.25) is 9.48 Å². The van der Waals surface area contributed by atoms with Gasteiger partial charge in [0.1, 0.15) is 16.9 Å². The Hall–Kier alpha value is -3.04. The number of rotatable bonds is 3. The molecule has 5 rings (SSSR count). The van der Waals surface area contributed by atoms with E-state index in [1.165, 1.54) is 12.3 Å². The molecule has 0 amide bonds. The first-order chi connectivity index (χ1) is 14.5. The van der Waals surface area contributed by atoms with Gasteiger partial charge in [0.05, 0.1) is 22.6 Å². The number of aromatic amines is 1. The van der Waals surface area contributed by atoms with Crippen molar-refractivity contribution in [1.29, 1.82) is 0 Å². The Kier molecular flexibility index (Phi) is 4.63. The van der Waals surface area contributed by atoms with Crippen LogP contribution in [0, 0.1) is 11.6 Å². The van der Waals surface area contributed by atoms with Crippen LogP contribution in [-0.4, -0.2) is 37.8 Å². The fourth-order valence-corrected chi connectivity index (χ4v) is 4.02. The summed E-state index contributed by atoms with van der Waals surface area (Å²) in [5.41, 5.74) is 0.0481. The minimum absolute atomic E-state index is 0.114. The van der Waals surface area contributed by atoms with Crippen molar-refractivity contribution in [2.45, 2.75) is 18.9 Å². The van der Waals surface area contributed by atoms with Gasteiger partial charge in [0.15, 0.2) is 11.6 Å². The number of fused-ring (bicyclic) bond motifs is 1. The van der Waals surface area contributed by atoms with E-state index in [4.69, 9.17) is 16.3 Å². The van der Waals surface area contributed by atoms with E-state index in [1.54, 1.807) is 12.4 Å².